The molecule has 3 aromatic rings. The molecule has 0 aliphatic carbocycles. The zero-order valence-electron chi connectivity index (χ0n) is 15.4. The van der Waals surface area contributed by atoms with Crippen LogP contribution in [-0.4, -0.2) is 23.8 Å². The topological polar surface area (TPSA) is 63.2 Å². The summed E-state index contributed by atoms with van der Waals surface area (Å²) in [5, 5.41) is 6.86. The first-order valence-corrected chi connectivity index (χ1v) is 10.6. The minimum atomic E-state index is -0.158. The SMILES string of the molecule is CCOc1ccccc1Nc1nc(C)c(C(=O)Nc2cccc(SC)c2)s1. The molecule has 1 heterocycles. The highest BCUT2D eigenvalue weighted by Gasteiger charge is 2.16. The number of nitrogens with zero attached hydrogens (tertiary/aromatic N) is 1. The van der Waals surface area contributed by atoms with Gasteiger partial charge in [0.1, 0.15) is 10.6 Å². The van der Waals surface area contributed by atoms with Gasteiger partial charge in [-0.05, 0) is 50.4 Å². The Balaban J connectivity index is 1.77. The van der Waals surface area contributed by atoms with Crippen LogP contribution in [0.5, 0.6) is 5.75 Å². The number of carbonyl (C=O) groups is 1. The number of aromatic nitrogens is 1. The molecular weight excluding hydrogens is 378 g/mol. The number of nitrogens with one attached hydrogen (secondary N) is 2. The third-order valence-corrected chi connectivity index (χ3v) is 5.56. The van der Waals surface area contributed by atoms with Crippen molar-refractivity contribution >= 4 is 45.5 Å². The number of ether oxygens (including phenoxy) is 1. The van der Waals surface area contributed by atoms with E-state index in [0.29, 0.717) is 22.3 Å². The summed E-state index contributed by atoms with van der Waals surface area (Å²) in [6.45, 7) is 4.36. The predicted molar refractivity (Wildman–Crippen MR) is 114 cm³/mol. The van der Waals surface area contributed by atoms with Crippen molar-refractivity contribution in [2.45, 2.75) is 18.7 Å². The Labute approximate surface area is 167 Å². The van der Waals surface area contributed by atoms with E-state index in [2.05, 4.69) is 15.6 Å². The molecule has 0 atom stereocenters. The number of anilines is 3. The van der Waals surface area contributed by atoms with E-state index in [1.165, 1.54) is 11.3 Å². The van der Waals surface area contributed by atoms with Crippen LogP contribution >= 0.6 is 23.1 Å². The van der Waals surface area contributed by atoms with Gasteiger partial charge >= 0.3 is 0 Å². The molecule has 3 rings (SSSR count). The van der Waals surface area contributed by atoms with E-state index in [1.54, 1.807) is 11.8 Å². The lowest BCUT2D eigenvalue weighted by molar-refractivity contribution is 0.103. The van der Waals surface area contributed by atoms with Crippen LogP contribution in [0.4, 0.5) is 16.5 Å². The summed E-state index contributed by atoms with van der Waals surface area (Å²) in [6, 6.07) is 15.5. The van der Waals surface area contributed by atoms with Gasteiger partial charge in [0, 0.05) is 10.6 Å². The van der Waals surface area contributed by atoms with Gasteiger partial charge in [-0.3, -0.25) is 4.79 Å². The van der Waals surface area contributed by atoms with Crippen molar-refractivity contribution in [3.05, 3.63) is 59.1 Å². The second-order valence-corrected chi connectivity index (χ2v) is 7.55. The average molecular weight is 400 g/mol. The van der Waals surface area contributed by atoms with Gasteiger partial charge in [0.15, 0.2) is 5.13 Å². The number of benzene rings is 2. The third kappa shape index (κ3) is 4.81. The molecule has 2 aromatic carbocycles. The molecule has 0 aliphatic heterocycles. The molecule has 0 radical (unpaired) electrons. The second-order valence-electron chi connectivity index (χ2n) is 5.67. The Bertz CT molecular complexity index is 940. The first kappa shape index (κ1) is 19.3. The molecule has 5 nitrogen and oxygen atoms in total. The molecule has 0 fully saturated rings. The predicted octanol–water partition coefficient (Wildman–Crippen LogP) is 5.57. The smallest absolute Gasteiger partial charge is 0.267 e. The van der Waals surface area contributed by atoms with Crippen molar-refractivity contribution in [1.29, 1.82) is 0 Å². The van der Waals surface area contributed by atoms with Crippen molar-refractivity contribution in [3.8, 4) is 5.75 Å². The Hall–Kier alpha value is -2.51. The number of amides is 1. The van der Waals surface area contributed by atoms with Gasteiger partial charge in [-0.1, -0.05) is 29.5 Å². The molecule has 0 saturated carbocycles. The maximum absolute atomic E-state index is 12.7. The molecule has 2 N–H and O–H groups in total. The lowest BCUT2D eigenvalue weighted by Gasteiger charge is -2.09. The standard InChI is InChI=1S/C20H21N3O2S2/c1-4-25-17-11-6-5-10-16(17)23-20-21-13(2)18(27-20)19(24)22-14-8-7-9-15(12-14)26-3/h5-12H,4H2,1-3H3,(H,21,23)(H,22,24). The summed E-state index contributed by atoms with van der Waals surface area (Å²) >= 11 is 2.96. The molecule has 140 valence electrons. The Kier molecular flexibility index (Phi) is 6.36. The number of thioether (sulfide) groups is 1. The van der Waals surface area contributed by atoms with Crippen LogP contribution in [0.3, 0.4) is 0 Å². The highest BCUT2D eigenvalue weighted by molar-refractivity contribution is 7.98. The number of carbonyl (C=O) groups excluding carboxylic acids is 1. The summed E-state index contributed by atoms with van der Waals surface area (Å²) in [6.07, 6.45) is 2.01. The van der Waals surface area contributed by atoms with E-state index in [4.69, 9.17) is 4.74 Å². The van der Waals surface area contributed by atoms with E-state index in [-0.39, 0.29) is 5.91 Å². The van der Waals surface area contributed by atoms with Crippen LogP contribution in [0.25, 0.3) is 0 Å². The van der Waals surface area contributed by atoms with Gasteiger partial charge in [0.05, 0.1) is 18.0 Å². The fourth-order valence-electron chi connectivity index (χ4n) is 2.52. The fraction of sp³-hybridized carbons (Fsp3) is 0.200. The molecular formula is C20H21N3O2S2. The Morgan fingerprint density at radius 3 is 2.81 bits per heavy atom. The molecule has 0 bridgehead atoms. The zero-order chi connectivity index (χ0) is 19.2. The van der Waals surface area contributed by atoms with Crippen LogP contribution in [0, 0.1) is 6.92 Å². The number of rotatable bonds is 7. The number of hydrogen-bond donors (Lipinski definition) is 2. The maximum Gasteiger partial charge on any atom is 0.267 e. The monoisotopic (exact) mass is 399 g/mol. The number of aryl methyl sites for hydroxylation is 1. The van der Waals surface area contributed by atoms with Gasteiger partial charge in [-0.15, -0.1) is 11.8 Å². The third-order valence-electron chi connectivity index (χ3n) is 3.76. The van der Waals surface area contributed by atoms with Crippen molar-refractivity contribution < 1.29 is 9.53 Å². The fourth-order valence-corrected chi connectivity index (χ4v) is 3.85. The van der Waals surface area contributed by atoms with E-state index in [1.807, 2.05) is 68.6 Å². The zero-order valence-corrected chi connectivity index (χ0v) is 17.0. The van der Waals surface area contributed by atoms with E-state index in [9.17, 15) is 4.79 Å². The minimum absolute atomic E-state index is 0.158. The molecule has 1 aromatic heterocycles. The number of hydrogen-bond acceptors (Lipinski definition) is 6. The van der Waals surface area contributed by atoms with Crippen molar-refractivity contribution in [3.63, 3.8) is 0 Å². The van der Waals surface area contributed by atoms with Gasteiger partial charge in [-0.2, -0.15) is 0 Å². The summed E-state index contributed by atoms with van der Waals surface area (Å²) in [4.78, 5) is 18.8. The van der Waals surface area contributed by atoms with Crippen LogP contribution in [0.15, 0.2) is 53.4 Å². The summed E-state index contributed by atoms with van der Waals surface area (Å²) < 4.78 is 5.63. The Morgan fingerprint density at radius 1 is 1.22 bits per heavy atom. The van der Waals surface area contributed by atoms with Gasteiger partial charge < -0.3 is 15.4 Å². The van der Waals surface area contributed by atoms with Crippen LogP contribution in [0.2, 0.25) is 0 Å². The average Bonchev–Trinajstić information content (AvgIpc) is 3.04. The van der Waals surface area contributed by atoms with Gasteiger partial charge in [0.25, 0.3) is 5.91 Å². The lowest BCUT2D eigenvalue weighted by Crippen LogP contribution is -2.11. The van der Waals surface area contributed by atoms with Crippen LogP contribution in [-0.2, 0) is 0 Å². The van der Waals surface area contributed by atoms with E-state index < -0.39 is 0 Å². The molecule has 1 amide bonds. The van der Waals surface area contributed by atoms with E-state index >= 15 is 0 Å². The number of thiazole rings is 1. The summed E-state index contributed by atoms with van der Waals surface area (Å²) in [7, 11) is 0. The van der Waals surface area contributed by atoms with E-state index in [0.717, 1.165) is 22.0 Å². The second kappa shape index (κ2) is 8.92. The summed E-state index contributed by atoms with van der Waals surface area (Å²) in [5.74, 6) is 0.599. The minimum Gasteiger partial charge on any atom is -0.492 e. The van der Waals surface area contributed by atoms with Gasteiger partial charge in [0.2, 0.25) is 0 Å². The van der Waals surface area contributed by atoms with Crippen LogP contribution < -0.4 is 15.4 Å². The normalized spacial score (nSPS) is 10.5. The van der Waals surface area contributed by atoms with Crippen LogP contribution in [0.1, 0.15) is 22.3 Å². The Morgan fingerprint density at radius 2 is 2.04 bits per heavy atom. The first-order chi connectivity index (χ1) is 13.1. The molecule has 0 unspecified atom stereocenters. The molecule has 7 heteroatoms. The van der Waals surface area contributed by atoms with Crippen molar-refractivity contribution in [1.82, 2.24) is 4.98 Å². The maximum atomic E-state index is 12.7. The molecule has 0 saturated heterocycles. The highest BCUT2D eigenvalue weighted by Crippen LogP contribution is 2.31. The lowest BCUT2D eigenvalue weighted by atomic mass is 10.3. The van der Waals surface area contributed by atoms with Crippen molar-refractivity contribution in [2.24, 2.45) is 0 Å². The highest BCUT2D eigenvalue weighted by atomic mass is 32.2. The summed E-state index contributed by atoms with van der Waals surface area (Å²) in [5.41, 5.74) is 2.29. The van der Waals surface area contributed by atoms with Crippen molar-refractivity contribution in [2.75, 3.05) is 23.5 Å². The number of para-hydroxylation sites is 2. The largest absolute Gasteiger partial charge is 0.492 e. The quantitative estimate of drug-likeness (QED) is 0.509. The van der Waals surface area contributed by atoms with Gasteiger partial charge in [-0.25, -0.2) is 4.98 Å². The molecule has 0 aliphatic rings. The molecule has 0 spiro atoms. The molecule has 27 heavy (non-hydrogen) atoms. The first-order valence-electron chi connectivity index (χ1n) is 8.52.